The summed E-state index contributed by atoms with van der Waals surface area (Å²) in [5, 5.41) is 3.24. The van der Waals surface area contributed by atoms with E-state index in [4.69, 9.17) is 24.4 Å². The fraction of sp³-hybridized carbons (Fsp3) is 0.267. The lowest BCUT2D eigenvalue weighted by atomic mass is 10.0. The molecule has 1 amide bonds. The smallest absolute Gasteiger partial charge is 0.319 e. The molecule has 3 aromatic carbocycles. The van der Waals surface area contributed by atoms with Crippen LogP contribution < -0.4 is 20.1 Å². The third-order valence-electron chi connectivity index (χ3n) is 6.84. The number of nitrogens with one attached hydrogen (secondary N) is 1. The summed E-state index contributed by atoms with van der Waals surface area (Å²) in [4.78, 5) is 24.8. The summed E-state index contributed by atoms with van der Waals surface area (Å²) in [6.07, 6.45) is 0.493. The normalized spacial score (nSPS) is 17.3. The average Bonchev–Trinajstić information content (AvgIpc) is 3.30. The molecular weight excluding hydrogens is 565 g/mol. The molecule has 0 saturated heterocycles. The average molecular weight is 596 g/mol. The predicted octanol–water partition coefficient (Wildman–Crippen LogP) is 4.45. The zero-order chi connectivity index (χ0) is 30.0. The molecule has 1 aliphatic rings. The van der Waals surface area contributed by atoms with Crippen molar-refractivity contribution in [2.24, 2.45) is 5.73 Å². The number of esters is 1. The zero-order valence-corrected chi connectivity index (χ0v) is 24.0. The van der Waals surface area contributed by atoms with Crippen molar-refractivity contribution in [2.45, 2.75) is 19.1 Å². The topological polar surface area (TPSA) is 133 Å². The van der Waals surface area contributed by atoms with Gasteiger partial charge in [-0.2, -0.15) is 0 Å². The largest absolute Gasteiger partial charge is 0.462 e. The van der Waals surface area contributed by atoms with E-state index in [2.05, 4.69) is 5.32 Å². The van der Waals surface area contributed by atoms with E-state index in [9.17, 15) is 18.2 Å². The number of fused-ring (bicyclic) bond motifs is 2. The molecule has 0 radical (unpaired) electrons. The highest BCUT2D eigenvalue weighted by Gasteiger charge is 2.32. The van der Waals surface area contributed by atoms with E-state index in [-0.39, 0.29) is 31.4 Å². The Morgan fingerprint density at radius 1 is 1.12 bits per heavy atom. The summed E-state index contributed by atoms with van der Waals surface area (Å²) in [6, 6.07) is 16.2. The quantitative estimate of drug-likeness (QED) is 0.286. The predicted molar refractivity (Wildman–Crippen MR) is 156 cm³/mol. The van der Waals surface area contributed by atoms with Gasteiger partial charge in [-0.1, -0.05) is 0 Å². The summed E-state index contributed by atoms with van der Waals surface area (Å²) in [5.41, 5.74) is 8.05. The van der Waals surface area contributed by atoms with E-state index in [0.717, 1.165) is 0 Å². The fourth-order valence-corrected chi connectivity index (χ4v) is 5.64. The maximum atomic E-state index is 13.2. The van der Waals surface area contributed by atoms with Gasteiger partial charge in [-0.05, 0) is 61.5 Å². The number of anilines is 1. The monoisotopic (exact) mass is 595 g/mol. The molecule has 220 valence electrons. The van der Waals surface area contributed by atoms with E-state index < -0.39 is 29.2 Å². The number of nitrogens with zero attached hydrogens (tertiary/aromatic N) is 1. The Balaban J connectivity index is 1.53. The number of benzene rings is 3. The van der Waals surface area contributed by atoms with Crippen molar-refractivity contribution in [3.8, 4) is 22.8 Å². The van der Waals surface area contributed by atoms with Crippen LogP contribution in [0.1, 0.15) is 28.9 Å². The minimum Gasteiger partial charge on any atom is -0.462 e. The summed E-state index contributed by atoms with van der Waals surface area (Å²) in [5.74, 6) is 0.0845. The summed E-state index contributed by atoms with van der Waals surface area (Å²) >= 11 is 0. The number of hydrogen-bond acceptors (Lipinski definition) is 8. The van der Waals surface area contributed by atoms with Crippen molar-refractivity contribution in [1.82, 2.24) is 5.32 Å². The van der Waals surface area contributed by atoms with Gasteiger partial charge in [-0.3, -0.25) is 13.9 Å². The molecule has 5 rings (SSSR count). The first kappa shape index (κ1) is 29.2. The number of halogens is 1. The standard InChI is InChI=1S/C30H30FN3O7S/c1-17-23-12-24-26(13-25(23)34(42(3)37)15-22(39-17)16-38-27(35)14-32)41-29(28(24)30(36)33-2)18-4-8-20(9-5-18)40-21-10-6-19(31)7-11-21/h4-13,17,22H,14-16,32H2,1-3H3,(H,33,36). The summed E-state index contributed by atoms with van der Waals surface area (Å²) < 4.78 is 51.2. The molecule has 4 aromatic rings. The van der Waals surface area contributed by atoms with Crippen molar-refractivity contribution in [3.05, 3.63) is 77.6 Å². The molecule has 0 fully saturated rings. The van der Waals surface area contributed by atoms with Crippen LogP contribution in [0, 0.1) is 5.82 Å². The van der Waals surface area contributed by atoms with E-state index >= 15 is 0 Å². The SMILES string of the molecule is CNC(=O)c1c(-c2ccc(Oc3ccc(F)cc3)cc2)oc2cc3c(cc12)C(C)OC(COC(=O)CN)CN3S(C)=O. The molecule has 12 heteroatoms. The van der Waals surface area contributed by atoms with Gasteiger partial charge in [0.05, 0.1) is 30.4 Å². The van der Waals surface area contributed by atoms with Gasteiger partial charge in [-0.15, -0.1) is 0 Å². The third kappa shape index (κ3) is 6.01. The van der Waals surface area contributed by atoms with Gasteiger partial charge in [0, 0.05) is 35.9 Å². The lowest BCUT2D eigenvalue weighted by Gasteiger charge is -2.24. The highest BCUT2D eigenvalue weighted by atomic mass is 32.2. The molecule has 3 atom stereocenters. The second-order valence-corrected chi connectivity index (χ2v) is 10.9. The van der Waals surface area contributed by atoms with Gasteiger partial charge in [0.15, 0.2) is 0 Å². The van der Waals surface area contributed by atoms with Crippen molar-refractivity contribution in [1.29, 1.82) is 0 Å². The molecule has 1 aromatic heterocycles. The summed E-state index contributed by atoms with van der Waals surface area (Å²) in [6.45, 7) is 1.73. The maximum absolute atomic E-state index is 13.2. The number of ether oxygens (including phenoxy) is 3. The van der Waals surface area contributed by atoms with Crippen LogP contribution in [0.3, 0.4) is 0 Å². The minimum atomic E-state index is -1.45. The lowest BCUT2D eigenvalue weighted by Crippen LogP contribution is -2.37. The van der Waals surface area contributed by atoms with E-state index in [1.54, 1.807) is 40.9 Å². The van der Waals surface area contributed by atoms with Crippen LogP contribution in [-0.4, -0.2) is 55.2 Å². The Kier molecular flexibility index (Phi) is 8.57. The number of furan rings is 1. The Morgan fingerprint density at radius 3 is 2.40 bits per heavy atom. The van der Waals surface area contributed by atoms with Crippen LogP contribution in [0.2, 0.25) is 0 Å². The highest BCUT2D eigenvalue weighted by Crippen LogP contribution is 2.42. The Hall–Kier alpha value is -4.26. The number of carbonyl (C=O) groups excluding carboxylic acids is 2. The molecule has 10 nitrogen and oxygen atoms in total. The first-order chi connectivity index (χ1) is 20.2. The van der Waals surface area contributed by atoms with Gasteiger partial charge in [0.25, 0.3) is 5.91 Å². The molecule has 42 heavy (non-hydrogen) atoms. The van der Waals surface area contributed by atoms with Crippen LogP contribution >= 0.6 is 0 Å². The first-order valence-corrected chi connectivity index (χ1v) is 14.7. The van der Waals surface area contributed by atoms with E-state index in [0.29, 0.717) is 50.6 Å². The maximum Gasteiger partial charge on any atom is 0.319 e. The molecule has 0 bridgehead atoms. The van der Waals surface area contributed by atoms with Crippen molar-refractivity contribution in [3.63, 3.8) is 0 Å². The van der Waals surface area contributed by atoms with Gasteiger partial charge in [-0.25, -0.2) is 8.60 Å². The van der Waals surface area contributed by atoms with Crippen molar-refractivity contribution < 1.29 is 36.8 Å². The van der Waals surface area contributed by atoms with Crippen LogP contribution in [0.5, 0.6) is 11.5 Å². The number of amides is 1. The van der Waals surface area contributed by atoms with Crippen molar-refractivity contribution in [2.75, 3.05) is 37.3 Å². The third-order valence-corrected chi connectivity index (χ3v) is 7.80. The van der Waals surface area contributed by atoms with Gasteiger partial charge >= 0.3 is 5.97 Å². The van der Waals surface area contributed by atoms with E-state index in [1.165, 1.54) is 31.3 Å². The molecule has 0 saturated carbocycles. The molecule has 3 unspecified atom stereocenters. The molecule has 0 aliphatic carbocycles. The second kappa shape index (κ2) is 12.3. The van der Waals surface area contributed by atoms with Crippen molar-refractivity contribution >= 4 is 39.5 Å². The number of carbonyl (C=O) groups is 2. The van der Waals surface area contributed by atoms with Gasteiger partial charge < -0.3 is 29.7 Å². The summed E-state index contributed by atoms with van der Waals surface area (Å²) in [7, 11) is 0.0841. The Bertz CT molecular complexity index is 1640. The van der Waals surface area contributed by atoms with Crippen LogP contribution in [0.15, 0.2) is 65.1 Å². The van der Waals surface area contributed by atoms with Gasteiger partial charge in [0.1, 0.15) is 52.4 Å². The molecule has 1 aliphatic heterocycles. The highest BCUT2D eigenvalue weighted by molar-refractivity contribution is 7.85. The second-order valence-electron chi connectivity index (χ2n) is 9.65. The lowest BCUT2D eigenvalue weighted by molar-refractivity contribution is -0.147. The fourth-order valence-electron chi connectivity index (χ4n) is 4.83. The van der Waals surface area contributed by atoms with Crippen LogP contribution in [-0.2, 0) is 25.3 Å². The van der Waals surface area contributed by atoms with Crippen LogP contribution in [0.25, 0.3) is 22.3 Å². The Morgan fingerprint density at radius 2 is 1.79 bits per heavy atom. The van der Waals surface area contributed by atoms with E-state index in [1.807, 2.05) is 13.0 Å². The zero-order valence-electron chi connectivity index (χ0n) is 23.2. The van der Waals surface area contributed by atoms with Gasteiger partial charge in [0.2, 0.25) is 0 Å². The molecular formula is C30H30FN3O7S. The minimum absolute atomic E-state index is 0.0489. The number of rotatable bonds is 8. The first-order valence-electron chi connectivity index (χ1n) is 13.2. The number of nitrogens with two attached hydrogens (primary N) is 1. The van der Waals surface area contributed by atoms with Crippen LogP contribution in [0.4, 0.5) is 10.1 Å². The Labute approximate surface area is 244 Å². The number of hydrogen-bond donors (Lipinski definition) is 2. The molecule has 0 spiro atoms. The molecule has 3 N–H and O–H groups in total. The molecule has 2 heterocycles.